The van der Waals surface area contributed by atoms with Crippen LogP contribution in [-0.4, -0.2) is 20.2 Å². The third-order valence-corrected chi connectivity index (χ3v) is 3.68. The summed E-state index contributed by atoms with van der Waals surface area (Å²) in [6.45, 7) is 4.64. The molecular formula is C18H24N2O. The van der Waals surface area contributed by atoms with Gasteiger partial charge in [0.05, 0.1) is 12.8 Å². The first-order valence-corrected chi connectivity index (χ1v) is 7.38. The van der Waals surface area contributed by atoms with E-state index in [2.05, 4.69) is 42.2 Å². The molecule has 0 heterocycles. The summed E-state index contributed by atoms with van der Waals surface area (Å²) in [5.74, 6) is 0.906. The lowest BCUT2D eigenvalue weighted by Gasteiger charge is -2.27. The highest BCUT2D eigenvalue weighted by Gasteiger charge is 2.12. The molecule has 3 heteroatoms. The Morgan fingerprint density at radius 3 is 2.48 bits per heavy atom. The number of rotatable bonds is 7. The van der Waals surface area contributed by atoms with Gasteiger partial charge in [0.25, 0.3) is 0 Å². The predicted octanol–water partition coefficient (Wildman–Crippen LogP) is 3.36. The Labute approximate surface area is 127 Å². The second-order valence-corrected chi connectivity index (χ2v) is 5.16. The summed E-state index contributed by atoms with van der Waals surface area (Å²) in [7, 11) is 1.72. The van der Waals surface area contributed by atoms with Gasteiger partial charge in [-0.3, -0.25) is 0 Å². The fourth-order valence-corrected chi connectivity index (χ4v) is 2.45. The summed E-state index contributed by atoms with van der Waals surface area (Å²) in [4.78, 5) is 2.34. The van der Waals surface area contributed by atoms with Crippen molar-refractivity contribution in [2.75, 3.05) is 25.1 Å². The van der Waals surface area contributed by atoms with E-state index in [-0.39, 0.29) is 0 Å². The van der Waals surface area contributed by atoms with Crippen LogP contribution in [0.2, 0.25) is 0 Å². The topological polar surface area (TPSA) is 38.5 Å². The van der Waals surface area contributed by atoms with Crippen molar-refractivity contribution >= 4 is 5.69 Å². The SMILES string of the molecule is COc1ccccc1N(CCCN)Cc1ccccc1C. The maximum atomic E-state index is 5.69. The van der Waals surface area contributed by atoms with Crippen LogP contribution in [-0.2, 0) is 6.54 Å². The maximum absolute atomic E-state index is 5.69. The van der Waals surface area contributed by atoms with Gasteiger partial charge in [-0.15, -0.1) is 0 Å². The van der Waals surface area contributed by atoms with E-state index in [9.17, 15) is 0 Å². The average molecular weight is 284 g/mol. The summed E-state index contributed by atoms with van der Waals surface area (Å²) in [5, 5.41) is 0. The van der Waals surface area contributed by atoms with E-state index in [1.165, 1.54) is 11.1 Å². The van der Waals surface area contributed by atoms with Gasteiger partial charge in [0.1, 0.15) is 5.75 Å². The van der Waals surface area contributed by atoms with Crippen LogP contribution < -0.4 is 15.4 Å². The molecule has 0 saturated heterocycles. The zero-order valence-electron chi connectivity index (χ0n) is 12.9. The lowest BCUT2D eigenvalue weighted by Crippen LogP contribution is -2.26. The highest BCUT2D eigenvalue weighted by molar-refractivity contribution is 5.58. The highest BCUT2D eigenvalue weighted by atomic mass is 16.5. The van der Waals surface area contributed by atoms with E-state index in [1.54, 1.807) is 7.11 Å². The van der Waals surface area contributed by atoms with Crippen molar-refractivity contribution in [2.45, 2.75) is 19.9 Å². The van der Waals surface area contributed by atoms with Crippen LogP contribution in [0.15, 0.2) is 48.5 Å². The lowest BCUT2D eigenvalue weighted by molar-refractivity contribution is 0.414. The van der Waals surface area contributed by atoms with E-state index in [1.807, 2.05) is 18.2 Å². The third-order valence-electron chi connectivity index (χ3n) is 3.68. The molecule has 0 amide bonds. The smallest absolute Gasteiger partial charge is 0.142 e. The maximum Gasteiger partial charge on any atom is 0.142 e. The van der Waals surface area contributed by atoms with Crippen LogP contribution in [0.5, 0.6) is 5.75 Å². The van der Waals surface area contributed by atoms with Crippen molar-refractivity contribution in [1.82, 2.24) is 0 Å². The van der Waals surface area contributed by atoms with E-state index in [0.29, 0.717) is 6.54 Å². The number of anilines is 1. The minimum Gasteiger partial charge on any atom is -0.495 e. The lowest BCUT2D eigenvalue weighted by atomic mass is 10.1. The number of ether oxygens (including phenoxy) is 1. The highest BCUT2D eigenvalue weighted by Crippen LogP contribution is 2.29. The van der Waals surface area contributed by atoms with Crippen LogP contribution >= 0.6 is 0 Å². The van der Waals surface area contributed by atoms with Crippen molar-refractivity contribution in [3.05, 3.63) is 59.7 Å². The second kappa shape index (κ2) is 7.70. The number of para-hydroxylation sites is 2. The van der Waals surface area contributed by atoms with Crippen molar-refractivity contribution in [3.8, 4) is 5.75 Å². The molecule has 21 heavy (non-hydrogen) atoms. The van der Waals surface area contributed by atoms with Crippen LogP contribution in [0.25, 0.3) is 0 Å². The first-order valence-electron chi connectivity index (χ1n) is 7.38. The van der Waals surface area contributed by atoms with Gasteiger partial charge in [0, 0.05) is 13.1 Å². The first-order chi connectivity index (χ1) is 10.3. The van der Waals surface area contributed by atoms with E-state index in [4.69, 9.17) is 10.5 Å². The van der Waals surface area contributed by atoms with Gasteiger partial charge >= 0.3 is 0 Å². The zero-order valence-corrected chi connectivity index (χ0v) is 12.9. The second-order valence-electron chi connectivity index (χ2n) is 5.16. The van der Waals surface area contributed by atoms with Crippen LogP contribution in [0.4, 0.5) is 5.69 Å². The number of methoxy groups -OCH3 is 1. The minimum absolute atomic E-state index is 0.694. The van der Waals surface area contributed by atoms with Crippen molar-refractivity contribution < 1.29 is 4.74 Å². The molecule has 0 aromatic heterocycles. The largest absolute Gasteiger partial charge is 0.495 e. The molecule has 2 rings (SSSR count). The zero-order chi connectivity index (χ0) is 15.1. The molecule has 0 aliphatic heterocycles. The quantitative estimate of drug-likeness (QED) is 0.847. The summed E-state index contributed by atoms with van der Waals surface area (Å²) in [6, 6.07) is 16.6. The normalized spacial score (nSPS) is 10.4. The number of nitrogens with two attached hydrogens (primary N) is 1. The van der Waals surface area contributed by atoms with Crippen LogP contribution in [0, 0.1) is 6.92 Å². The van der Waals surface area contributed by atoms with Gasteiger partial charge < -0.3 is 15.4 Å². The number of aryl methyl sites for hydroxylation is 1. The van der Waals surface area contributed by atoms with Crippen LogP contribution in [0.1, 0.15) is 17.5 Å². The summed E-state index contributed by atoms with van der Waals surface area (Å²) in [5.41, 5.74) is 9.46. The molecule has 112 valence electrons. The Bertz CT molecular complexity index is 569. The summed E-state index contributed by atoms with van der Waals surface area (Å²) >= 11 is 0. The molecule has 0 atom stereocenters. The molecular weight excluding hydrogens is 260 g/mol. The van der Waals surface area contributed by atoms with Gasteiger partial charge in [-0.25, -0.2) is 0 Å². The summed E-state index contributed by atoms with van der Waals surface area (Å²) in [6.07, 6.45) is 0.962. The van der Waals surface area contributed by atoms with Crippen LogP contribution in [0.3, 0.4) is 0 Å². The average Bonchev–Trinajstić information content (AvgIpc) is 2.53. The van der Waals surface area contributed by atoms with Crippen molar-refractivity contribution in [1.29, 1.82) is 0 Å². The molecule has 0 saturated carbocycles. The monoisotopic (exact) mass is 284 g/mol. The van der Waals surface area contributed by atoms with Gasteiger partial charge in [-0.1, -0.05) is 36.4 Å². The van der Waals surface area contributed by atoms with Gasteiger partial charge in [-0.2, -0.15) is 0 Å². The molecule has 3 nitrogen and oxygen atoms in total. The first kappa shape index (κ1) is 15.4. The fraction of sp³-hybridized carbons (Fsp3) is 0.333. The number of hydrogen-bond acceptors (Lipinski definition) is 3. The molecule has 0 unspecified atom stereocenters. The standard InChI is InChI=1S/C18H24N2O/c1-15-8-3-4-9-16(15)14-20(13-7-12-19)17-10-5-6-11-18(17)21-2/h3-6,8-11H,7,12-14,19H2,1-2H3. The number of nitrogens with zero attached hydrogens (tertiary/aromatic N) is 1. The minimum atomic E-state index is 0.694. The fourth-order valence-electron chi connectivity index (χ4n) is 2.45. The molecule has 0 bridgehead atoms. The molecule has 2 N–H and O–H groups in total. The van der Waals surface area contributed by atoms with E-state index in [0.717, 1.165) is 30.9 Å². The molecule has 0 aliphatic rings. The van der Waals surface area contributed by atoms with E-state index < -0.39 is 0 Å². The molecule has 2 aromatic rings. The Kier molecular flexibility index (Phi) is 5.64. The molecule has 0 fully saturated rings. The molecule has 2 aromatic carbocycles. The molecule has 0 spiro atoms. The van der Waals surface area contributed by atoms with Gasteiger partial charge in [0.2, 0.25) is 0 Å². The van der Waals surface area contributed by atoms with Crippen molar-refractivity contribution in [3.63, 3.8) is 0 Å². The Morgan fingerprint density at radius 1 is 1.05 bits per heavy atom. The van der Waals surface area contributed by atoms with Gasteiger partial charge in [0.15, 0.2) is 0 Å². The summed E-state index contributed by atoms with van der Waals surface area (Å²) < 4.78 is 5.50. The van der Waals surface area contributed by atoms with E-state index >= 15 is 0 Å². The Balaban J connectivity index is 2.28. The molecule has 0 radical (unpaired) electrons. The van der Waals surface area contributed by atoms with Gasteiger partial charge in [-0.05, 0) is 43.1 Å². The number of hydrogen-bond donors (Lipinski definition) is 1. The molecule has 0 aliphatic carbocycles. The third kappa shape index (κ3) is 3.99. The number of benzene rings is 2. The Hall–Kier alpha value is -2.00. The van der Waals surface area contributed by atoms with Crippen molar-refractivity contribution in [2.24, 2.45) is 5.73 Å². The predicted molar refractivity (Wildman–Crippen MR) is 88.9 cm³/mol. The Morgan fingerprint density at radius 2 is 1.76 bits per heavy atom.